The quantitative estimate of drug-likeness (QED) is 0.748. The van der Waals surface area contributed by atoms with E-state index in [-0.39, 0.29) is 11.6 Å². The van der Waals surface area contributed by atoms with E-state index in [1.54, 1.807) is 0 Å². The van der Waals surface area contributed by atoms with Gasteiger partial charge >= 0.3 is 11.9 Å². The average molecular weight is 295 g/mol. The second-order valence-corrected chi connectivity index (χ2v) is 4.84. The van der Waals surface area contributed by atoms with Crippen molar-refractivity contribution in [3.8, 4) is 11.5 Å². The third kappa shape index (κ3) is 2.92. The molecule has 1 aromatic rings. The van der Waals surface area contributed by atoms with Crippen molar-refractivity contribution in [1.82, 2.24) is 5.32 Å². The van der Waals surface area contributed by atoms with E-state index in [0.717, 1.165) is 0 Å². The van der Waals surface area contributed by atoms with Gasteiger partial charge in [0.25, 0.3) is 0 Å². The number of hydrogen-bond acceptors (Lipinski definition) is 5. The largest absolute Gasteiger partial charge is 0.493 e. The molecule has 1 aliphatic heterocycles. The zero-order valence-corrected chi connectivity index (χ0v) is 11.8. The number of rotatable bonds is 5. The summed E-state index contributed by atoms with van der Waals surface area (Å²) in [6.45, 7) is 0.336. The summed E-state index contributed by atoms with van der Waals surface area (Å²) in [5.41, 5.74) is 0.668. The van der Waals surface area contributed by atoms with Crippen LogP contribution in [0.25, 0.3) is 0 Å². The molecule has 1 heterocycles. The van der Waals surface area contributed by atoms with E-state index in [1.165, 1.54) is 26.4 Å². The number of carbonyl (C=O) groups is 2. The molecule has 1 fully saturated rings. The molecule has 2 rings (SSSR count). The second-order valence-electron chi connectivity index (χ2n) is 4.84. The lowest BCUT2D eigenvalue weighted by Gasteiger charge is -2.18. The lowest BCUT2D eigenvalue weighted by molar-refractivity contribution is -0.141. The van der Waals surface area contributed by atoms with Crippen molar-refractivity contribution >= 4 is 11.9 Å². The molecule has 0 bridgehead atoms. The van der Waals surface area contributed by atoms with Crippen molar-refractivity contribution in [3.05, 3.63) is 23.3 Å². The van der Waals surface area contributed by atoms with Gasteiger partial charge in [0.05, 0.1) is 25.7 Å². The van der Waals surface area contributed by atoms with E-state index in [4.69, 9.17) is 19.7 Å². The van der Waals surface area contributed by atoms with E-state index in [9.17, 15) is 9.59 Å². The van der Waals surface area contributed by atoms with Crippen LogP contribution in [-0.4, -0.2) is 42.9 Å². The first-order valence-corrected chi connectivity index (χ1v) is 6.43. The van der Waals surface area contributed by atoms with E-state index < -0.39 is 17.9 Å². The zero-order valence-electron chi connectivity index (χ0n) is 11.8. The van der Waals surface area contributed by atoms with Gasteiger partial charge in [-0.15, -0.1) is 0 Å². The molecule has 0 radical (unpaired) electrons. The SMILES string of the molecule is COc1cc(C(=O)O)cc(C2CC(C(=O)O)CN2)c1OC. The molecule has 114 valence electrons. The third-order valence-corrected chi connectivity index (χ3v) is 3.61. The van der Waals surface area contributed by atoms with Crippen LogP contribution in [0.1, 0.15) is 28.4 Å². The summed E-state index contributed by atoms with van der Waals surface area (Å²) in [7, 11) is 2.89. The lowest BCUT2D eigenvalue weighted by Crippen LogP contribution is -2.18. The number of carboxylic acids is 2. The fourth-order valence-corrected chi connectivity index (χ4v) is 2.54. The minimum absolute atomic E-state index is 0.0724. The molecule has 1 saturated heterocycles. The maximum Gasteiger partial charge on any atom is 0.335 e. The van der Waals surface area contributed by atoms with Gasteiger partial charge in [0, 0.05) is 18.2 Å². The first-order chi connectivity index (χ1) is 9.97. The summed E-state index contributed by atoms with van der Waals surface area (Å²) >= 11 is 0. The van der Waals surface area contributed by atoms with Gasteiger partial charge < -0.3 is 25.0 Å². The molecular formula is C14H17NO6. The number of aliphatic carboxylic acids is 1. The normalized spacial score (nSPS) is 21.0. The van der Waals surface area contributed by atoms with Gasteiger partial charge in [-0.25, -0.2) is 4.79 Å². The van der Waals surface area contributed by atoms with Crippen LogP contribution >= 0.6 is 0 Å². The number of ether oxygens (including phenoxy) is 2. The van der Waals surface area contributed by atoms with E-state index in [2.05, 4.69) is 5.32 Å². The van der Waals surface area contributed by atoms with Crippen LogP contribution < -0.4 is 14.8 Å². The third-order valence-electron chi connectivity index (χ3n) is 3.61. The summed E-state index contributed by atoms with van der Waals surface area (Å²) in [6, 6.07) is 2.59. The highest BCUT2D eigenvalue weighted by molar-refractivity contribution is 5.89. The Labute approximate surface area is 121 Å². The lowest BCUT2D eigenvalue weighted by atomic mass is 9.97. The Morgan fingerprint density at radius 3 is 2.43 bits per heavy atom. The summed E-state index contributed by atoms with van der Waals surface area (Å²) in [5, 5.41) is 21.3. The second kappa shape index (κ2) is 6.01. The van der Waals surface area contributed by atoms with Crippen molar-refractivity contribution in [2.75, 3.05) is 20.8 Å². The first kappa shape index (κ1) is 15.1. The highest BCUT2D eigenvalue weighted by Gasteiger charge is 2.33. The molecule has 0 amide bonds. The standard InChI is InChI=1S/C14H17NO6/c1-20-11-5-7(13(16)17)3-9(12(11)21-2)10-4-8(6-15-10)14(18)19/h3,5,8,10,15H,4,6H2,1-2H3,(H,16,17)(H,18,19). The molecule has 1 aliphatic rings. The molecule has 21 heavy (non-hydrogen) atoms. The molecule has 2 unspecified atom stereocenters. The summed E-state index contributed by atoms with van der Waals surface area (Å²) in [5.74, 6) is -1.71. The van der Waals surface area contributed by atoms with E-state index in [0.29, 0.717) is 30.0 Å². The Hall–Kier alpha value is -2.28. The monoisotopic (exact) mass is 295 g/mol. The molecule has 0 aromatic heterocycles. The Morgan fingerprint density at radius 2 is 1.95 bits per heavy atom. The highest BCUT2D eigenvalue weighted by atomic mass is 16.5. The fraction of sp³-hybridized carbons (Fsp3) is 0.429. The van der Waals surface area contributed by atoms with E-state index in [1.807, 2.05) is 0 Å². The molecule has 0 spiro atoms. The van der Waals surface area contributed by atoms with Gasteiger partial charge in [-0.05, 0) is 18.6 Å². The summed E-state index contributed by atoms with van der Waals surface area (Å²) < 4.78 is 10.5. The van der Waals surface area contributed by atoms with Crippen LogP contribution in [0.3, 0.4) is 0 Å². The fourth-order valence-electron chi connectivity index (χ4n) is 2.54. The molecule has 7 nitrogen and oxygen atoms in total. The maximum absolute atomic E-state index is 11.2. The minimum atomic E-state index is -1.08. The molecule has 3 N–H and O–H groups in total. The van der Waals surface area contributed by atoms with Crippen LogP contribution in [0.15, 0.2) is 12.1 Å². The highest BCUT2D eigenvalue weighted by Crippen LogP contribution is 2.40. The van der Waals surface area contributed by atoms with Crippen LogP contribution in [0.5, 0.6) is 11.5 Å². The molecule has 0 saturated carbocycles. The van der Waals surface area contributed by atoms with Crippen LogP contribution in [0.2, 0.25) is 0 Å². The van der Waals surface area contributed by atoms with Crippen molar-refractivity contribution < 1.29 is 29.3 Å². The molecule has 7 heteroatoms. The molecule has 2 atom stereocenters. The van der Waals surface area contributed by atoms with Crippen molar-refractivity contribution in [2.45, 2.75) is 12.5 Å². The Kier molecular flexibility index (Phi) is 4.32. The number of methoxy groups -OCH3 is 2. The molecule has 0 aliphatic carbocycles. The Morgan fingerprint density at radius 1 is 1.24 bits per heavy atom. The summed E-state index contributed by atoms with van der Waals surface area (Å²) in [4.78, 5) is 22.2. The van der Waals surface area contributed by atoms with Crippen LogP contribution in [-0.2, 0) is 4.79 Å². The summed E-state index contributed by atoms with van der Waals surface area (Å²) in [6.07, 6.45) is 0.373. The van der Waals surface area contributed by atoms with Crippen molar-refractivity contribution in [1.29, 1.82) is 0 Å². The zero-order chi connectivity index (χ0) is 15.6. The first-order valence-electron chi connectivity index (χ1n) is 6.43. The van der Waals surface area contributed by atoms with E-state index >= 15 is 0 Å². The Bertz CT molecular complexity index is 571. The predicted octanol–water partition coefficient (Wildman–Crippen LogP) is 1.14. The minimum Gasteiger partial charge on any atom is -0.493 e. The van der Waals surface area contributed by atoms with Crippen LogP contribution in [0, 0.1) is 5.92 Å². The molecular weight excluding hydrogens is 278 g/mol. The number of aromatic carboxylic acids is 1. The van der Waals surface area contributed by atoms with Gasteiger partial charge in [0.1, 0.15) is 0 Å². The van der Waals surface area contributed by atoms with Crippen LogP contribution in [0.4, 0.5) is 0 Å². The number of carboxylic acid groups (broad SMARTS) is 2. The van der Waals surface area contributed by atoms with Crippen molar-refractivity contribution in [2.24, 2.45) is 5.92 Å². The average Bonchev–Trinajstić information content (AvgIpc) is 2.95. The van der Waals surface area contributed by atoms with Gasteiger partial charge in [-0.2, -0.15) is 0 Å². The van der Waals surface area contributed by atoms with Gasteiger partial charge in [-0.3, -0.25) is 4.79 Å². The molecule has 1 aromatic carbocycles. The Balaban J connectivity index is 2.44. The van der Waals surface area contributed by atoms with Gasteiger partial charge in [0.2, 0.25) is 0 Å². The van der Waals surface area contributed by atoms with Gasteiger partial charge in [-0.1, -0.05) is 0 Å². The predicted molar refractivity (Wildman–Crippen MR) is 73.0 cm³/mol. The smallest absolute Gasteiger partial charge is 0.335 e. The van der Waals surface area contributed by atoms with Gasteiger partial charge in [0.15, 0.2) is 11.5 Å². The topological polar surface area (TPSA) is 105 Å². The number of benzene rings is 1. The number of hydrogen-bond donors (Lipinski definition) is 3. The maximum atomic E-state index is 11.2. The number of nitrogens with one attached hydrogen (secondary N) is 1. The van der Waals surface area contributed by atoms with Crippen molar-refractivity contribution in [3.63, 3.8) is 0 Å².